The second-order valence-electron chi connectivity index (χ2n) is 5.05. The summed E-state index contributed by atoms with van der Waals surface area (Å²) in [4.78, 5) is 0. The molecule has 1 N–H and O–H groups in total. The fourth-order valence-corrected chi connectivity index (χ4v) is 2.38. The highest BCUT2D eigenvalue weighted by molar-refractivity contribution is 9.10. The largest absolute Gasteiger partial charge is 0.497 e. The van der Waals surface area contributed by atoms with Crippen LogP contribution in [0.5, 0.6) is 5.75 Å². The molecule has 0 aliphatic carbocycles. The molecule has 6 heteroatoms. The Morgan fingerprint density at radius 3 is 2.39 bits per heavy atom. The van der Waals surface area contributed by atoms with E-state index in [0.29, 0.717) is 11.8 Å². The Balaban J connectivity index is 1.73. The first kappa shape index (κ1) is 15.6. The first-order chi connectivity index (χ1) is 11.2. The molecule has 0 aliphatic rings. The van der Waals surface area contributed by atoms with Crippen molar-refractivity contribution in [3.8, 4) is 17.2 Å². The van der Waals surface area contributed by atoms with E-state index in [0.717, 1.165) is 21.5 Å². The smallest absolute Gasteiger partial charge is 0.247 e. The topological polar surface area (TPSA) is 60.2 Å². The van der Waals surface area contributed by atoms with E-state index >= 15 is 0 Å². The lowest BCUT2D eigenvalue weighted by Crippen LogP contribution is -2.06. The lowest BCUT2D eigenvalue weighted by molar-refractivity contribution is 0.415. The Hall–Kier alpha value is -2.34. The van der Waals surface area contributed by atoms with Crippen LogP contribution < -0.4 is 10.1 Å². The summed E-state index contributed by atoms with van der Waals surface area (Å²) in [7, 11) is 1.63. The quantitative estimate of drug-likeness (QED) is 0.703. The molecule has 0 radical (unpaired) electrons. The van der Waals surface area contributed by atoms with Gasteiger partial charge in [0.05, 0.1) is 7.11 Å². The van der Waals surface area contributed by atoms with Crippen LogP contribution in [-0.4, -0.2) is 17.3 Å². The predicted molar refractivity (Wildman–Crippen MR) is 92.5 cm³/mol. The van der Waals surface area contributed by atoms with E-state index in [-0.39, 0.29) is 6.04 Å². The highest BCUT2D eigenvalue weighted by Gasteiger charge is 2.15. The molecule has 1 aromatic heterocycles. The summed E-state index contributed by atoms with van der Waals surface area (Å²) in [6, 6.07) is 15.4. The molecular weight excluding hydrogens is 358 g/mol. The molecule has 0 bridgehead atoms. The molecule has 118 valence electrons. The lowest BCUT2D eigenvalue weighted by atomic mass is 10.2. The molecule has 1 atom stereocenters. The van der Waals surface area contributed by atoms with Gasteiger partial charge in [-0.15, -0.1) is 10.2 Å². The number of methoxy groups -OCH3 is 1. The maximum atomic E-state index is 5.77. The monoisotopic (exact) mass is 373 g/mol. The molecule has 23 heavy (non-hydrogen) atoms. The van der Waals surface area contributed by atoms with E-state index in [1.807, 2.05) is 55.5 Å². The van der Waals surface area contributed by atoms with Crippen molar-refractivity contribution >= 4 is 21.6 Å². The second-order valence-corrected chi connectivity index (χ2v) is 5.96. The van der Waals surface area contributed by atoms with Gasteiger partial charge in [0.25, 0.3) is 0 Å². The average Bonchev–Trinajstić information content (AvgIpc) is 3.07. The molecule has 0 fully saturated rings. The fourth-order valence-electron chi connectivity index (χ4n) is 2.12. The van der Waals surface area contributed by atoms with Crippen LogP contribution >= 0.6 is 15.9 Å². The first-order valence-corrected chi connectivity index (χ1v) is 7.95. The second kappa shape index (κ2) is 6.83. The van der Waals surface area contributed by atoms with Crippen molar-refractivity contribution < 1.29 is 9.15 Å². The van der Waals surface area contributed by atoms with Gasteiger partial charge in [-0.25, -0.2) is 0 Å². The summed E-state index contributed by atoms with van der Waals surface area (Å²) in [6.07, 6.45) is 0. The summed E-state index contributed by atoms with van der Waals surface area (Å²) in [5.74, 6) is 1.82. The zero-order chi connectivity index (χ0) is 16.2. The molecule has 1 heterocycles. The van der Waals surface area contributed by atoms with Crippen LogP contribution in [0, 0.1) is 0 Å². The van der Waals surface area contributed by atoms with Crippen molar-refractivity contribution in [2.24, 2.45) is 0 Å². The molecule has 0 amide bonds. The van der Waals surface area contributed by atoms with Gasteiger partial charge in [0.15, 0.2) is 0 Å². The van der Waals surface area contributed by atoms with E-state index in [9.17, 15) is 0 Å². The van der Waals surface area contributed by atoms with Gasteiger partial charge in [-0.2, -0.15) is 0 Å². The number of halogens is 1. The number of nitrogens with one attached hydrogen (secondary N) is 1. The van der Waals surface area contributed by atoms with Crippen LogP contribution in [-0.2, 0) is 0 Å². The van der Waals surface area contributed by atoms with Gasteiger partial charge in [-0.3, -0.25) is 0 Å². The highest BCUT2D eigenvalue weighted by Crippen LogP contribution is 2.25. The summed E-state index contributed by atoms with van der Waals surface area (Å²) in [5, 5.41) is 11.6. The lowest BCUT2D eigenvalue weighted by Gasteiger charge is -2.11. The van der Waals surface area contributed by atoms with Crippen LogP contribution in [0.4, 0.5) is 5.69 Å². The molecule has 1 unspecified atom stereocenters. The third-order valence-electron chi connectivity index (χ3n) is 3.38. The number of nitrogens with zero attached hydrogens (tertiary/aromatic N) is 2. The van der Waals surface area contributed by atoms with E-state index < -0.39 is 0 Å². The highest BCUT2D eigenvalue weighted by atomic mass is 79.9. The minimum absolute atomic E-state index is 0.0873. The number of rotatable bonds is 5. The van der Waals surface area contributed by atoms with Gasteiger partial charge in [0.1, 0.15) is 11.8 Å². The van der Waals surface area contributed by atoms with Crippen LogP contribution in [0.25, 0.3) is 11.5 Å². The zero-order valence-electron chi connectivity index (χ0n) is 12.8. The van der Waals surface area contributed by atoms with Gasteiger partial charge in [0.2, 0.25) is 11.8 Å². The Morgan fingerprint density at radius 2 is 1.74 bits per heavy atom. The molecule has 2 aromatic carbocycles. The van der Waals surface area contributed by atoms with Gasteiger partial charge in [-0.05, 0) is 55.5 Å². The van der Waals surface area contributed by atoms with Crippen LogP contribution in [0.15, 0.2) is 57.4 Å². The summed E-state index contributed by atoms with van der Waals surface area (Å²) in [5.41, 5.74) is 1.85. The maximum absolute atomic E-state index is 5.77. The van der Waals surface area contributed by atoms with Gasteiger partial charge >= 0.3 is 0 Å². The summed E-state index contributed by atoms with van der Waals surface area (Å²) >= 11 is 3.42. The predicted octanol–water partition coefficient (Wildman–Crippen LogP) is 4.68. The summed E-state index contributed by atoms with van der Waals surface area (Å²) < 4.78 is 11.9. The molecular formula is C17H16BrN3O2. The number of aromatic nitrogens is 2. The molecule has 0 aliphatic heterocycles. The van der Waals surface area contributed by atoms with Gasteiger partial charge < -0.3 is 14.5 Å². The van der Waals surface area contributed by atoms with Crippen molar-refractivity contribution in [2.75, 3.05) is 12.4 Å². The maximum Gasteiger partial charge on any atom is 0.247 e. The third-order valence-corrected chi connectivity index (χ3v) is 3.90. The average molecular weight is 374 g/mol. The standard InChI is InChI=1S/C17H16BrN3O2/c1-11(19-14-7-5-13(18)6-8-14)16-20-21-17(23-16)12-3-9-15(22-2)10-4-12/h3-11,19H,1-2H3. The Labute approximate surface area is 142 Å². The molecule has 5 nitrogen and oxygen atoms in total. The van der Waals surface area contributed by atoms with Crippen molar-refractivity contribution in [3.63, 3.8) is 0 Å². The fraction of sp³-hybridized carbons (Fsp3) is 0.176. The number of anilines is 1. The normalized spacial score (nSPS) is 12.0. The van der Waals surface area contributed by atoms with Crippen LogP contribution in [0.1, 0.15) is 18.9 Å². The number of benzene rings is 2. The SMILES string of the molecule is COc1ccc(-c2nnc(C(C)Nc3ccc(Br)cc3)o2)cc1. The van der Waals surface area contributed by atoms with Crippen molar-refractivity contribution in [3.05, 3.63) is 58.9 Å². The minimum Gasteiger partial charge on any atom is -0.497 e. The molecule has 0 spiro atoms. The van der Waals surface area contributed by atoms with Crippen molar-refractivity contribution in [1.82, 2.24) is 10.2 Å². The van der Waals surface area contributed by atoms with E-state index in [4.69, 9.17) is 9.15 Å². The van der Waals surface area contributed by atoms with Gasteiger partial charge in [-0.1, -0.05) is 15.9 Å². The Morgan fingerprint density at radius 1 is 1.04 bits per heavy atom. The Bertz CT molecular complexity index is 769. The number of hydrogen-bond donors (Lipinski definition) is 1. The number of ether oxygens (including phenoxy) is 1. The van der Waals surface area contributed by atoms with E-state index in [1.165, 1.54) is 0 Å². The van der Waals surface area contributed by atoms with E-state index in [2.05, 4.69) is 31.4 Å². The zero-order valence-corrected chi connectivity index (χ0v) is 14.4. The molecule has 0 saturated carbocycles. The first-order valence-electron chi connectivity index (χ1n) is 7.15. The Kier molecular flexibility index (Phi) is 4.62. The number of hydrogen-bond acceptors (Lipinski definition) is 5. The van der Waals surface area contributed by atoms with Gasteiger partial charge in [0, 0.05) is 15.7 Å². The van der Waals surface area contributed by atoms with Crippen molar-refractivity contribution in [1.29, 1.82) is 0 Å². The molecule has 0 saturated heterocycles. The third kappa shape index (κ3) is 3.71. The molecule has 3 rings (SSSR count). The minimum atomic E-state index is -0.0873. The summed E-state index contributed by atoms with van der Waals surface area (Å²) in [6.45, 7) is 1.98. The van der Waals surface area contributed by atoms with Crippen molar-refractivity contribution in [2.45, 2.75) is 13.0 Å². The molecule has 3 aromatic rings. The van der Waals surface area contributed by atoms with Crippen LogP contribution in [0.2, 0.25) is 0 Å². The van der Waals surface area contributed by atoms with E-state index in [1.54, 1.807) is 7.11 Å². The van der Waals surface area contributed by atoms with Crippen LogP contribution in [0.3, 0.4) is 0 Å².